The van der Waals surface area contributed by atoms with Crippen molar-refractivity contribution in [1.82, 2.24) is 0 Å². The number of nitrogens with zero attached hydrogens (tertiary/aromatic N) is 1. The summed E-state index contributed by atoms with van der Waals surface area (Å²) in [5, 5.41) is 0. The minimum atomic E-state index is -1.03. The smallest absolute Gasteiger partial charge is 0.399 e. The van der Waals surface area contributed by atoms with Gasteiger partial charge in [-0.05, 0) is 76.0 Å². The molecule has 35 heavy (non-hydrogen) atoms. The molecule has 1 atom stereocenters. The van der Waals surface area contributed by atoms with Gasteiger partial charge in [-0.2, -0.15) is 0 Å². The van der Waals surface area contributed by atoms with Gasteiger partial charge in [-0.25, -0.2) is 8.78 Å². The molecule has 0 radical (unpaired) electrons. The Balaban J connectivity index is 1.63. The molecule has 1 saturated carbocycles. The van der Waals surface area contributed by atoms with Crippen LogP contribution in [-0.4, -0.2) is 30.8 Å². The average molecular weight is 481 g/mol. The highest BCUT2D eigenvalue weighted by molar-refractivity contribution is 6.62. The summed E-state index contributed by atoms with van der Waals surface area (Å²) < 4.78 is 41.9. The number of carbonyl (C=O) groups is 1. The van der Waals surface area contributed by atoms with Crippen LogP contribution in [0.1, 0.15) is 77.8 Å². The number of anilines is 1. The topological polar surface area (TPSA) is 38.8 Å². The number of hydrogen-bond acceptors (Lipinski definition) is 3. The lowest BCUT2D eigenvalue weighted by atomic mass is 9.61. The van der Waals surface area contributed by atoms with Crippen molar-refractivity contribution in [2.75, 3.05) is 11.4 Å². The van der Waals surface area contributed by atoms with Gasteiger partial charge in [-0.3, -0.25) is 4.79 Å². The molecule has 2 aromatic carbocycles. The lowest BCUT2D eigenvalue weighted by molar-refractivity contribution is -0.123. The number of benzene rings is 2. The van der Waals surface area contributed by atoms with Crippen LogP contribution in [0.2, 0.25) is 0 Å². The van der Waals surface area contributed by atoms with Gasteiger partial charge in [0.1, 0.15) is 5.41 Å². The third-order valence-corrected chi connectivity index (χ3v) is 8.77. The largest absolute Gasteiger partial charge is 0.494 e. The number of fused-ring (bicyclic) bond motifs is 1. The zero-order valence-electron chi connectivity index (χ0n) is 21.3. The molecule has 2 aromatic rings. The number of carbonyl (C=O) groups excluding carboxylic acids is 1. The van der Waals surface area contributed by atoms with Gasteiger partial charge in [0.2, 0.25) is 5.91 Å². The summed E-state index contributed by atoms with van der Waals surface area (Å²) in [6, 6.07) is 10.6. The van der Waals surface area contributed by atoms with E-state index >= 15 is 4.39 Å². The van der Waals surface area contributed by atoms with E-state index < -0.39 is 35.4 Å². The maximum Gasteiger partial charge on any atom is 0.494 e. The molecule has 2 aliphatic heterocycles. The van der Waals surface area contributed by atoms with Crippen LogP contribution < -0.4 is 10.4 Å². The van der Waals surface area contributed by atoms with E-state index in [1.54, 1.807) is 6.07 Å². The molecule has 0 spiro atoms. The second kappa shape index (κ2) is 8.41. The molecule has 2 heterocycles. The number of hydrogen-bond donors (Lipinski definition) is 0. The second-order valence-corrected chi connectivity index (χ2v) is 11.2. The fraction of sp³-hybridized carbons (Fsp3) is 0.536. The molecule has 5 rings (SSSR count). The molecule has 3 aliphatic rings. The van der Waals surface area contributed by atoms with E-state index in [-0.39, 0.29) is 24.1 Å². The van der Waals surface area contributed by atoms with Crippen LogP contribution in [0.3, 0.4) is 0 Å². The van der Waals surface area contributed by atoms with Gasteiger partial charge < -0.3 is 14.2 Å². The monoisotopic (exact) mass is 481 g/mol. The van der Waals surface area contributed by atoms with E-state index in [9.17, 15) is 9.18 Å². The third kappa shape index (κ3) is 3.49. The lowest BCUT2D eigenvalue weighted by Gasteiger charge is -2.39. The first-order valence-corrected chi connectivity index (χ1v) is 12.8. The summed E-state index contributed by atoms with van der Waals surface area (Å²) >= 11 is 0. The van der Waals surface area contributed by atoms with E-state index in [1.165, 1.54) is 4.90 Å². The van der Waals surface area contributed by atoms with Crippen LogP contribution in [0.25, 0.3) is 0 Å². The van der Waals surface area contributed by atoms with E-state index in [0.717, 1.165) is 49.2 Å². The van der Waals surface area contributed by atoms with Crippen LogP contribution >= 0.6 is 0 Å². The van der Waals surface area contributed by atoms with E-state index in [1.807, 2.05) is 58.9 Å². The minimum absolute atomic E-state index is 0.0200. The third-order valence-electron chi connectivity index (χ3n) is 8.77. The molecule has 0 N–H and O–H groups in total. The molecule has 0 aromatic heterocycles. The lowest BCUT2D eigenvalue weighted by Crippen LogP contribution is -2.47. The molecule has 1 aliphatic carbocycles. The van der Waals surface area contributed by atoms with Gasteiger partial charge in [-0.1, -0.05) is 49.6 Å². The standard InChI is InChI=1S/C28H34BF2NO3/c1-6-32-24-21(16-17-22(30)23(24)31)28(25(32)33,18-10-8-7-9-11-18)19-12-14-20(15-13-19)29-34-26(2,3)27(4,5)35-29/h12-18H,6-11H2,1-5H3. The number of likely N-dealkylation sites (N-methyl/N-ethyl adjacent to an activating group) is 1. The van der Waals surface area contributed by atoms with Crippen LogP contribution in [0.4, 0.5) is 14.5 Å². The van der Waals surface area contributed by atoms with Crippen LogP contribution in [0.15, 0.2) is 36.4 Å². The van der Waals surface area contributed by atoms with Gasteiger partial charge in [0.15, 0.2) is 11.6 Å². The van der Waals surface area contributed by atoms with Crippen LogP contribution in [0, 0.1) is 17.6 Å². The van der Waals surface area contributed by atoms with Crippen molar-refractivity contribution in [2.24, 2.45) is 5.92 Å². The first-order valence-electron chi connectivity index (χ1n) is 12.8. The summed E-state index contributed by atoms with van der Waals surface area (Å²) in [6.45, 7) is 10.2. The minimum Gasteiger partial charge on any atom is -0.399 e. The normalized spacial score (nSPS) is 25.9. The highest BCUT2D eigenvalue weighted by Crippen LogP contribution is 2.55. The van der Waals surface area contributed by atoms with Crippen molar-refractivity contribution in [3.8, 4) is 0 Å². The predicted octanol–water partition coefficient (Wildman–Crippen LogP) is 5.50. The molecule has 1 amide bonds. The van der Waals surface area contributed by atoms with Crippen LogP contribution in [-0.2, 0) is 19.5 Å². The highest BCUT2D eigenvalue weighted by Gasteiger charge is 2.57. The summed E-state index contributed by atoms with van der Waals surface area (Å²) in [4.78, 5) is 15.6. The highest BCUT2D eigenvalue weighted by atomic mass is 19.2. The Bertz CT molecular complexity index is 1130. The number of halogens is 2. The molecule has 0 bridgehead atoms. The average Bonchev–Trinajstić information content (AvgIpc) is 3.22. The van der Waals surface area contributed by atoms with Gasteiger partial charge >= 0.3 is 7.12 Å². The van der Waals surface area contributed by atoms with Crippen molar-refractivity contribution in [3.63, 3.8) is 0 Å². The van der Waals surface area contributed by atoms with Crippen LogP contribution in [0.5, 0.6) is 0 Å². The zero-order chi connectivity index (χ0) is 25.2. The zero-order valence-corrected chi connectivity index (χ0v) is 21.3. The quantitative estimate of drug-likeness (QED) is 0.542. The molecule has 1 unspecified atom stereocenters. The van der Waals surface area contributed by atoms with Crippen molar-refractivity contribution < 1.29 is 22.9 Å². The van der Waals surface area contributed by atoms with Gasteiger partial charge in [0.05, 0.1) is 16.9 Å². The molecular weight excluding hydrogens is 447 g/mol. The Hall–Kier alpha value is -2.25. The summed E-state index contributed by atoms with van der Waals surface area (Å²) in [5.41, 5.74) is 0.422. The molecule has 2 fully saturated rings. The maximum absolute atomic E-state index is 15.2. The SMILES string of the molecule is CCN1C(=O)C(c2ccc(B3OC(C)(C)C(C)(C)O3)cc2)(C2CCCCC2)c2ccc(F)c(F)c21. The van der Waals surface area contributed by atoms with Gasteiger partial charge in [0, 0.05) is 6.54 Å². The van der Waals surface area contributed by atoms with E-state index in [4.69, 9.17) is 9.31 Å². The van der Waals surface area contributed by atoms with Crippen molar-refractivity contribution in [2.45, 2.75) is 83.3 Å². The summed E-state index contributed by atoms with van der Waals surface area (Å²) in [6.07, 6.45) is 4.93. The van der Waals surface area contributed by atoms with Crippen molar-refractivity contribution >= 4 is 24.2 Å². The van der Waals surface area contributed by atoms with Gasteiger partial charge in [0.25, 0.3) is 0 Å². The first-order chi connectivity index (χ1) is 16.5. The fourth-order valence-electron chi connectivity index (χ4n) is 6.18. The Morgan fingerprint density at radius 2 is 1.54 bits per heavy atom. The fourth-order valence-corrected chi connectivity index (χ4v) is 6.18. The molecule has 4 nitrogen and oxygen atoms in total. The Morgan fingerprint density at radius 1 is 0.943 bits per heavy atom. The first kappa shape index (κ1) is 24.4. The predicted molar refractivity (Wildman–Crippen MR) is 134 cm³/mol. The Morgan fingerprint density at radius 3 is 2.11 bits per heavy atom. The molecule has 186 valence electrons. The summed E-state index contributed by atoms with van der Waals surface area (Å²) in [5.74, 6) is -2.00. The Kier molecular flexibility index (Phi) is 5.88. The van der Waals surface area contributed by atoms with E-state index in [0.29, 0.717) is 5.56 Å². The molecule has 1 saturated heterocycles. The number of amides is 1. The number of rotatable bonds is 4. The molecule has 7 heteroatoms. The van der Waals surface area contributed by atoms with E-state index in [2.05, 4.69) is 0 Å². The van der Waals surface area contributed by atoms with Crippen molar-refractivity contribution in [1.29, 1.82) is 0 Å². The summed E-state index contributed by atoms with van der Waals surface area (Å²) in [7, 11) is -0.509. The molecular formula is C28H34BF2NO3. The maximum atomic E-state index is 15.2. The second-order valence-electron chi connectivity index (χ2n) is 11.2. The van der Waals surface area contributed by atoms with Crippen molar-refractivity contribution in [3.05, 3.63) is 59.2 Å². The van der Waals surface area contributed by atoms with Gasteiger partial charge in [-0.15, -0.1) is 0 Å². The Labute approximate surface area is 207 Å².